The van der Waals surface area contributed by atoms with Crippen LogP contribution in [-0.4, -0.2) is 25.6 Å². The van der Waals surface area contributed by atoms with Gasteiger partial charge in [-0.2, -0.15) is 0 Å². The summed E-state index contributed by atoms with van der Waals surface area (Å²) in [5.41, 5.74) is 2.38. The van der Waals surface area contributed by atoms with Gasteiger partial charge in [-0.3, -0.25) is 4.79 Å². The maximum absolute atomic E-state index is 11.9. The van der Waals surface area contributed by atoms with E-state index in [-0.39, 0.29) is 5.91 Å². The largest absolute Gasteiger partial charge is 0.494 e. The quantitative estimate of drug-likeness (QED) is 0.537. The van der Waals surface area contributed by atoms with E-state index >= 15 is 0 Å². The van der Waals surface area contributed by atoms with Crippen molar-refractivity contribution >= 4 is 11.6 Å². The monoisotopic (exact) mass is 316 g/mol. The second-order valence-electron chi connectivity index (χ2n) is 5.86. The van der Waals surface area contributed by atoms with E-state index < -0.39 is 0 Å². The lowest BCUT2D eigenvalue weighted by Crippen LogP contribution is -2.23. The molecule has 23 heavy (non-hydrogen) atoms. The molecule has 1 aromatic rings. The van der Waals surface area contributed by atoms with Crippen LogP contribution in [0.2, 0.25) is 0 Å². The van der Waals surface area contributed by atoms with Gasteiger partial charge in [-0.15, -0.1) is 0 Å². The van der Waals surface area contributed by atoms with Gasteiger partial charge in [0.05, 0.1) is 6.61 Å². The van der Waals surface area contributed by atoms with Crippen molar-refractivity contribution in [2.75, 3.05) is 25.0 Å². The minimum absolute atomic E-state index is 0.0403. The van der Waals surface area contributed by atoms with Gasteiger partial charge in [0, 0.05) is 18.7 Å². The van der Waals surface area contributed by atoms with E-state index in [1.807, 2.05) is 31.2 Å². The first-order valence-electron chi connectivity index (χ1n) is 8.69. The molecule has 2 N–H and O–H groups in total. The van der Waals surface area contributed by atoms with Crippen LogP contribution >= 0.6 is 0 Å². The first kappa shape index (κ1) is 17.5. The summed E-state index contributed by atoms with van der Waals surface area (Å²) in [7, 11) is 0. The van der Waals surface area contributed by atoms with E-state index in [2.05, 4.69) is 16.7 Å². The second kappa shape index (κ2) is 10.1. The van der Waals surface area contributed by atoms with Crippen LogP contribution in [0.1, 0.15) is 45.4 Å². The highest BCUT2D eigenvalue weighted by Gasteiger charge is 2.04. The molecule has 1 aliphatic rings. The Kier molecular flexibility index (Phi) is 7.67. The number of carbonyl (C=O) groups is 1. The number of hydrogen-bond acceptors (Lipinski definition) is 3. The molecule has 1 amide bonds. The summed E-state index contributed by atoms with van der Waals surface area (Å²) in [6.45, 7) is 4.28. The first-order valence-corrected chi connectivity index (χ1v) is 8.69. The van der Waals surface area contributed by atoms with Crippen molar-refractivity contribution in [2.24, 2.45) is 0 Å². The highest BCUT2D eigenvalue weighted by molar-refractivity contribution is 5.90. The summed E-state index contributed by atoms with van der Waals surface area (Å²) in [5.74, 6) is 0.864. The molecule has 0 unspecified atom stereocenters. The van der Waals surface area contributed by atoms with Gasteiger partial charge in [0.25, 0.3) is 0 Å². The van der Waals surface area contributed by atoms with Crippen molar-refractivity contribution in [1.29, 1.82) is 0 Å². The molecule has 0 saturated heterocycles. The number of ether oxygens (including phenoxy) is 1. The summed E-state index contributed by atoms with van der Waals surface area (Å²) < 4.78 is 5.38. The number of amides is 1. The summed E-state index contributed by atoms with van der Waals surface area (Å²) in [6.07, 6.45) is 9.13. The predicted molar refractivity (Wildman–Crippen MR) is 94.9 cm³/mol. The molecule has 0 heterocycles. The first-order chi connectivity index (χ1) is 11.3. The van der Waals surface area contributed by atoms with Crippen molar-refractivity contribution in [3.63, 3.8) is 0 Å². The average molecular weight is 316 g/mol. The van der Waals surface area contributed by atoms with Crippen LogP contribution < -0.4 is 15.4 Å². The number of rotatable bonds is 9. The highest BCUT2D eigenvalue weighted by atomic mass is 16.5. The molecular formula is C19H28N2O2. The Bertz CT molecular complexity index is 509. The van der Waals surface area contributed by atoms with Gasteiger partial charge in [-0.05, 0) is 69.8 Å². The molecule has 0 atom stereocenters. The fraction of sp³-hybridized carbons (Fsp3) is 0.526. The van der Waals surface area contributed by atoms with Crippen LogP contribution in [0.4, 0.5) is 5.69 Å². The van der Waals surface area contributed by atoms with E-state index in [0.29, 0.717) is 13.0 Å². The van der Waals surface area contributed by atoms with Gasteiger partial charge >= 0.3 is 0 Å². The Balaban J connectivity index is 1.58. The van der Waals surface area contributed by atoms with Gasteiger partial charge < -0.3 is 15.4 Å². The summed E-state index contributed by atoms with van der Waals surface area (Å²) in [6, 6.07) is 7.47. The number of carbonyl (C=O) groups excluding carboxylic acids is 1. The van der Waals surface area contributed by atoms with Crippen molar-refractivity contribution in [2.45, 2.75) is 45.4 Å². The highest BCUT2D eigenvalue weighted by Crippen LogP contribution is 2.19. The fourth-order valence-corrected chi connectivity index (χ4v) is 2.73. The second-order valence-corrected chi connectivity index (χ2v) is 5.86. The van der Waals surface area contributed by atoms with Gasteiger partial charge in [0.15, 0.2) is 0 Å². The normalized spacial score (nSPS) is 14.2. The van der Waals surface area contributed by atoms with Gasteiger partial charge in [-0.1, -0.05) is 11.6 Å². The Hall–Kier alpha value is -1.81. The van der Waals surface area contributed by atoms with Gasteiger partial charge in [0.2, 0.25) is 5.91 Å². The molecule has 0 fully saturated rings. The standard InChI is InChI=1S/C19H28N2O2/c1-2-23-18-10-8-17(9-11-18)21-19(22)13-15-20-14-12-16-6-4-3-5-7-16/h6,8-11,20H,2-5,7,12-15H2,1H3,(H,21,22). The van der Waals surface area contributed by atoms with Crippen molar-refractivity contribution in [1.82, 2.24) is 5.32 Å². The fourth-order valence-electron chi connectivity index (χ4n) is 2.73. The summed E-state index contributed by atoms with van der Waals surface area (Å²) >= 11 is 0. The zero-order valence-corrected chi connectivity index (χ0v) is 14.1. The number of nitrogens with one attached hydrogen (secondary N) is 2. The van der Waals surface area contributed by atoms with Gasteiger partial charge in [-0.25, -0.2) is 0 Å². The lowest BCUT2D eigenvalue weighted by atomic mass is 9.97. The van der Waals surface area contributed by atoms with Crippen LogP contribution in [0, 0.1) is 0 Å². The number of allylic oxidation sites excluding steroid dienone is 1. The molecule has 0 spiro atoms. The molecule has 0 saturated carbocycles. The Morgan fingerprint density at radius 1 is 1.17 bits per heavy atom. The molecule has 0 aliphatic heterocycles. The maximum Gasteiger partial charge on any atom is 0.225 e. The molecule has 0 radical (unpaired) electrons. The lowest BCUT2D eigenvalue weighted by molar-refractivity contribution is -0.116. The van der Waals surface area contributed by atoms with E-state index in [9.17, 15) is 4.79 Å². The van der Waals surface area contributed by atoms with Crippen molar-refractivity contribution < 1.29 is 9.53 Å². The zero-order chi connectivity index (χ0) is 16.3. The van der Waals surface area contributed by atoms with E-state index in [1.165, 1.54) is 25.7 Å². The third kappa shape index (κ3) is 6.87. The molecule has 4 nitrogen and oxygen atoms in total. The maximum atomic E-state index is 11.9. The molecule has 1 aliphatic carbocycles. The smallest absolute Gasteiger partial charge is 0.225 e. The van der Waals surface area contributed by atoms with Crippen LogP contribution in [0.25, 0.3) is 0 Å². The van der Waals surface area contributed by atoms with E-state index in [0.717, 1.165) is 30.9 Å². The van der Waals surface area contributed by atoms with Crippen LogP contribution in [-0.2, 0) is 4.79 Å². The average Bonchev–Trinajstić information content (AvgIpc) is 2.57. The molecule has 2 rings (SSSR count). The summed E-state index contributed by atoms with van der Waals surface area (Å²) in [5, 5.41) is 6.26. The van der Waals surface area contributed by atoms with Crippen LogP contribution in [0.3, 0.4) is 0 Å². The van der Waals surface area contributed by atoms with Crippen LogP contribution in [0.5, 0.6) is 5.75 Å². The lowest BCUT2D eigenvalue weighted by Gasteiger charge is -2.13. The summed E-state index contributed by atoms with van der Waals surface area (Å²) in [4.78, 5) is 11.9. The predicted octanol–water partition coefficient (Wildman–Crippen LogP) is 3.89. The van der Waals surface area contributed by atoms with E-state index in [4.69, 9.17) is 4.74 Å². The molecule has 1 aromatic carbocycles. The molecule has 126 valence electrons. The third-order valence-corrected chi connectivity index (χ3v) is 3.99. The Morgan fingerprint density at radius 2 is 2.00 bits per heavy atom. The third-order valence-electron chi connectivity index (χ3n) is 3.99. The van der Waals surface area contributed by atoms with Crippen LogP contribution in [0.15, 0.2) is 35.9 Å². The molecule has 4 heteroatoms. The number of anilines is 1. The SMILES string of the molecule is CCOc1ccc(NC(=O)CCNCCC2=CCCCC2)cc1. The Labute approximate surface area is 139 Å². The number of benzene rings is 1. The van der Waals surface area contributed by atoms with Gasteiger partial charge in [0.1, 0.15) is 5.75 Å². The molecular weight excluding hydrogens is 288 g/mol. The minimum atomic E-state index is 0.0403. The molecule has 0 aromatic heterocycles. The van der Waals surface area contributed by atoms with Crippen molar-refractivity contribution in [3.05, 3.63) is 35.9 Å². The number of hydrogen-bond donors (Lipinski definition) is 2. The topological polar surface area (TPSA) is 50.4 Å². The zero-order valence-electron chi connectivity index (χ0n) is 14.1. The van der Waals surface area contributed by atoms with E-state index in [1.54, 1.807) is 5.57 Å². The Morgan fingerprint density at radius 3 is 2.70 bits per heavy atom. The minimum Gasteiger partial charge on any atom is -0.494 e. The molecule has 0 bridgehead atoms. The van der Waals surface area contributed by atoms with Crippen molar-refractivity contribution in [3.8, 4) is 5.75 Å².